The molecule has 1 fully saturated rings. The fourth-order valence-electron chi connectivity index (χ4n) is 3.05. The highest BCUT2D eigenvalue weighted by Crippen LogP contribution is 2.30. The molecule has 1 aromatic rings. The molecule has 118 valence electrons. The van der Waals surface area contributed by atoms with E-state index < -0.39 is 0 Å². The van der Waals surface area contributed by atoms with E-state index in [0.29, 0.717) is 23.2 Å². The van der Waals surface area contributed by atoms with E-state index in [1.54, 1.807) is 12.1 Å². The van der Waals surface area contributed by atoms with Gasteiger partial charge in [0, 0.05) is 17.3 Å². The highest BCUT2D eigenvalue weighted by atomic mass is 35.5. The lowest BCUT2D eigenvalue weighted by molar-refractivity contribution is 0.0926. The number of hydrogen-bond acceptors (Lipinski definition) is 2. The number of carbonyl (C=O) groups is 1. The third kappa shape index (κ3) is 5.24. The van der Waals surface area contributed by atoms with E-state index in [4.69, 9.17) is 5.73 Å². The average molecular weight is 311 g/mol. The molecule has 2 unspecified atom stereocenters. The van der Waals surface area contributed by atoms with Crippen molar-refractivity contribution >= 4 is 24.0 Å². The third-order valence-electron chi connectivity index (χ3n) is 4.24. The van der Waals surface area contributed by atoms with E-state index in [-0.39, 0.29) is 18.3 Å². The van der Waals surface area contributed by atoms with Crippen molar-refractivity contribution < 1.29 is 4.79 Å². The summed E-state index contributed by atoms with van der Waals surface area (Å²) in [6.45, 7) is 4.52. The largest absolute Gasteiger partial charge is 0.399 e. The average Bonchev–Trinajstić information content (AvgIpc) is 2.83. The second-order valence-electron chi connectivity index (χ2n) is 6.37. The molecule has 3 N–H and O–H groups in total. The summed E-state index contributed by atoms with van der Waals surface area (Å²) >= 11 is 0. The molecular weight excluding hydrogens is 284 g/mol. The van der Waals surface area contributed by atoms with Crippen LogP contribution in [0.1, 0.15) is 56.3 Å². The van der Waals surface area contributed by atoms with Gasteiger partial charge in [0.2, 0.25) is 0 Å². The van der Waals surface area contributed by atoms with E-state index in [9.17, 15) is 4.79 Å². The Hall–Kier alpha value is -1.22. The van der Waals surface area contributed by atoms with Crippen LogP contribution in [0, 0.1) is 11.8 Å². The predicted molar refractivity (Wildman–Crippen MR) is 90.8 cm³/mol. The normalized spacial score (nSPS) is 21.1. The minimum Gasteiger partial charge on any atom is -0.399 e. The summed E-state index contributed by atoms with van der Waals surface area (Å²) in [5, 5.41) is 3.20. The number of nitrogen functional groups attached to an aromatic ring is 1. The number of amides is 1. The molecule has 0 radical (unpaired) electrons. The van der Waals surface area contributed by atoms with Gasteiger partial charge in [0.25, 0.3) is 5.91 Å². The minimum absolute atomic E-state index is 0. The zero-order chi connectivity index (χ0) is 14.5. The fourth-order valence-corrected chi connectivity index (χ4v) is 3.05. The molecule has 1 aliphatic rings. The van der Waals surface area contributed by atoms with E-state index in [1.165, 1.54) is 25.7 Å². The summed E-state index contributed by atoms with van der Waals surface area (Å²) in [5.74, 6) is 1.39. The van der Waals surface area contributed by atoms with Crippen molar-refractivity contribution in [3.05, 3.63) is 29.8 Å². The first-order valence-corrected chi connectivity index (χ1v) is 7.72. The van der Waals surface area contributed by atoms with E-state index in [0.717, 1.165) is 12.3 Å². The predicted octanol–water partition coefficient (Wildman–Crippen LogP) is 4.03. The van der Waals surface area contributed by atoms with Gasteiger partial charge in [-0.1, -0.05) is 32.8 Å². The van der Waals surface area contributed by atoms with Crippen molar-refractivity contribution in [2.75, 3.05) is 5.73 Å². The van der Waals surface area contributed by atoms with Crippen LogP contribution in [-0.2, 0) is 0 Å². The number of carbonyl (C=O) groups excluding carboxylic acids is 1. The SMILES string of the molecule is CC(C)CCC1CCCC1NC(=O)c1cccc(N)c1.Cl. The van der Waals surface area contributed by atoms with Crippen molar-refractivity contribution in [2.24, 2.45) is 11.8 Å². The van der Waals surface area contributed by atoms with Gasteiger partial charge in [0.05, 0.1) is 0 Å². The van der Waals surface area contributed by atoms with Gasteiger partial charge in [0.1, 0.15) is 0 Å². The van der Waals surface area contributed by atoms with Crippen molar-refractivity contribution in [1.82, 2.24) is 5.32 Å². The first-order chi connectivity index (χ1) is 9.56. The lowest BCUT2D eigenvalue weighted by atomic mass is 9.93. The topological polar surface area (TPSA) is 55.1 Å². The van der Waals surface area contributed by atoms with Crippen molar-refractivity contribution in [3.63, 3.8) is 0 Å². The molecule has 1 aromatic carbocycles. The molecule has 0 spiro atoms. The van der Waals surface area contributed by atoms with Gasteiger partial charge >= 0.3 is 0 Å². The number of halogens is 1. The number of nitrogens with two attached hydrogens (primary N) is 1. The Morgan fingerprint density at radius 2 is 2.14 bits per heavy atom. The van der Waals surface area contributed by atoms with Crippen molar-refractivity contribution in [2.45, 2.75) is 52.0 Å². The molecule has 21 heavy (non-hydrogen) atoms. The van der Waals surface area contributed by atoms with E-state index in [1.807, 2.05) is 12.1 Å². The number of benzene rings is 1. The van der Waals surface area contributed by atoms with Crippen LogP contribution in [0.5, 0.6) is 0 Å². The van der Waals surface area contributed by atoms with Crippen LogP contribution in [0.15, 0.2) is 24.3 Å². The minimum atomic E-state index is 0. The van der Waals surface area contributed by atoms with Crippen molar-refractivity contribution in [1.29, 1.82) is 0 Å². The van der Waals surface area contributed by atoms with Crippen LogP contribution in [0.2, 0.25) is 0 Å². The summed E-state index contributed by atoms with van der Waals surface area (Å²) in [6.07, 6.45) is 6.05. The van der Waals surface area contributed by atoms with Gasteiger partial charge in [-0.15, -0.1) is 12.4 Å². The van der Waals surface area contributed by atoms with Gasteiger partial charge in [-0.25, -0.2) is 0 Å². The standard InChI is InChI=1S/C17H26N2O.ClH/c1-12(2)9-10-13-5-4-8-16(13)19-17(20)14-6-3-7-15(18)11-14;/h3,6-7,11-13,16H,4-5,8-10,18H2,1-2H3,(H,19,20);1H. The molecule has 1 amide bonds. The quantitative estimate of drug-likeness (QED) is 0.807. The number of anilines is 1. The van der Waals surface area contributed by atoms with Gasteiger partial charge < -0.3 is 11.1 Å². The van der Waals surface area contributed by atoms with Crippen LogP contribution in [0.4, 0.5) is 5.69 Å². The molecule has 2 rings (SSSR count). The monoisotopic (exact) mass is 310 g/mol. The molecule has 0 aromatic heterocycles. The molecule has 1 aliphatic carbocycles. The molecule has 4 heteroatoms. The number of rotatable bonds is 5. The second kappa shape index (κ2) is 8.28. The van der Waals surface area contributed by atoms with E-state index >= 15 is 0 Å². The van der Waals surface area contributed by atoms with Crippen LogP contribution < -0.4 is 11.1 Å². The van der Waals surface area contributed by atoms with Crippen LogP contribution in [-0.4, -0.2) is 11.9 Å². The maximum atomic E-state index is 12.3. The summed E-state index contributed by atoms with van der Waals surface area (Å²) < 4.78 is 0. The summed E-state index contributed by atoms with van der Waals surface area (Å²) in [5.41, 5.74) is 7.04. The maximum absolute atomic E-state index is 12.3. The molecule has 0 aliphatic heterocycles. The zero-order valence-corrected chi connectivity index (χ0v) is 13.8. The maximum Gasteiger partial charge on any atom is 0.251 e. The van der Waals surface area contributed by atoms with Gasteiger partial charge in [0.15, 0.2) is 0 Å². The Morgan fingerprint density at radius 3 is 2.81 bits per heavy atom. The van der Waals surface area contributed by atoms with Crippen LogP contribution in [0.25, 0.3) is 0 Å². The van der Waals surface area contributed by atoms with Gasteiger partial charge in [-0.2, -0.15) is 0 Å². The van der Waals surface area contributed by atoms with Crippen LogP contribution in [0.3, 0.4) is 0 Å². The number of hydrogen-bond donors (Lipinski definition) is 2. The molecular formula is C17H27ClN2O. The molecule has 1 saturated carbocycles. The molecule has 0 heterocycles. The highest BCUT2D eigenvalue weighted by molar-refractivity contribution is 5.95. The first kappa shape index (κ1) is 17.8. The Labute approximate surface area is 134 Å². The molecule has 0 bridgehead atoms. The van der Waals surface area contributed by atoms with Crippen LogP contribution >= 0.6 is 12.4 Å². The smallest absolute Gasteiger partial charge is 0.251 e. The zero-order valence-electron chi connectivity index (χ0n) is 13.0. The summed E-state index contributed by atoms with van der Waals surface area (Å²) in [4.78, 5) is 12.3. The number of nitrogens with one attached hydrogen (secondary N) is 1. The fraction of sp³-hybridized carbons (Fsp3) is 0.588. The third-order valence-corrected chi connectivity index (χ3v) is 4.24. The lowest BCUT2D eigenvalue weighted by Crippen LogP contribution is -2.37. The first-order valence-electron chi connectivity index (χ1n) is 7.72. The lowest BCUT2D eigenvalue weighted by Gasteiger charge is -2.22. The second-order valence-corrected chi connectivity index (χ2v) is 6.37. The Bertz CT molecular complexity index is 462. The Balaban J connectivity index is 0.00000220. The van der Waals surface area contributed by atoms with Gasteiger partial charge in [-0.05, 0) is 49.3 Å². The molecule has 2 atom stereocenters. The molecule has 0 saturated heterocycles. The van der Waals surface area contributed by atoms with Crippen molar-refractivity contribution in [3.8, 4) is 0 Å². The van der Waals surface area contributed by atoms with E-state index in [2.05, 4.69) is 19.2 Å². The molecule has 3 nitrogen and oxygen atoms in total. The summed E-state index contributed by atoms with van der Waals surface area (Å²) in [6, 6.07) is 7.53. The highest BCUT2D eigenvalue weighted by Gasteiger charge is 2.28. The summed E-state index contributed by atoms with van der Waals surface area (Å²) in [7, 11) is 0. The Morgan fingerprint density at radius 1 is 1.38 bits per heavy atom. The van der Waals surface area contributed by atoms with Gasteiger partial charge in [-0.3, -0.25) is 4.79 Å². The Kier molecular flexibility index (Phi) is 7.03.